The van der Waals surface area contributed by atoms with Crippen LogP contribution in [0.4, 0.5) is 27.6 Å². The number of carbonyl (C=O) groups is 1. The fraction of sp³-hybridized carbons (Fsp3) is 0.250. The van der Waals surface area contributed by atoms with Crippen molar-refractivity contribution in [1.82, 2.24) is 25.0 Å². The molecule has 0 aliphatic heterocycles. The van der Waals surface area contributed by atoms with Gasteiger partial charge >= 0.3 is 0 Å². The van der Waals surface area contributed by atoms with Crippen LogP contribution in [-0.2, 0) is 11.2 Å². The molecule has 28 heavy (non-hydrogen) atoms. The number of benzene rings is 1. The van der Waals surface area contributed by atoms with Crippen LogP contribution < -0.4 is 10.9 Å². The molecule has 0 saturated heterocycles. The number of carbonyl (C=O) groups excluding carboxylic acids is 1. The highest BCUT2D eigenvalue weighted by molar-refractivity contribution is 5.77. The molecule has 0 unspecified atom stereocenters. The van der Waals surface area contributed by atoms with Crippen molar-refractivity contribution >= 4 is 17.4 Å². The Balaban J connectivity index is 1.70. The number of anilines is 1. The van der Waals surface area contributed by atoms with Gasteiger partial charge in [0.05, 0.1) is 0 Å². The Kier molecular flexibility index (Phi) is 5.12. The van der Waals surface area contributed by atoms with Crippen molar-refractivity contribution < 1.29 is 26.7 Å². The summed E-state index contributed by atoms with van der Waals surface area (Å²) >= 11 is 0. The van der Waals surface area contributed by atoms with Crippen molar-refractivity contribution in [3.05, 3.63) is 52.4 Å². The molecule has 2 aromatic heterocycles. The van der Waals surface area contributed by atoms with Gasteiger partial charge in [-0.2, -0.15) is 10.1 Å². The molecule has 0 bridgehead atoms. The first-order valence-electron chi connectivity index (χ1n) is 7.94. The van der Waals surface area contributed by atoms with Gasteiger partial charge < -0.3 is 0 Å². The summed E-state index contributed by atoms with van der Waals surface area (Å²) in [6.45, 7) is 3.48. The second-order valence-electron chi connectivity index (χ2n) is 5.85. The highest BCUT2D eigenvalue weighted by atomic mass is 19.2. The monoisotopic (exact) mass is 400 g/mol. The number of fused-ring (bicyclic) bond motifs is 1. The summed E-state index contributed by atoms with van der Waals surface area (Å²) in [6, 6.07) is 0. The van der Waals surface area contributed by atoms with E-state index in [4.69, 9.17) is 0 Å². The first-order chi connectivity index (χ1) is 13.2. The molecule has 2 heterocycles. The Morgan fingerprint density at radius 3 is 2.29 bits per heavy atom. The minimum Gasteiger partial charge on any atom is -0.293 e. The van der Waals surface area contributed by atoms with Gasteiger partial charge in [0.15, 0.2) is 23.3 Å². The van der Waals surface area contributed by atoms with Crippen LogP contribution in [0.1, 0.15) is 23.4 Å². The molecule has 0 radical (unpaired) electrons. The van der Waals surface area contributed by atoms with E-state index in [1.165, 1.54) is 10.8 Å². The van der Waals surface area contributed by atoms with Crippen molar-refractivity contribution in [1.29, 1.82) is 0 Å². The summed E-state index contributed by atoms with van der Waals surface area (Å²) in [6.07, 6.45) is 1.39. The van der Waals surface area contributed by atoms with E-state index in [0.29, 0.717) is 22.7 Å². The third-order valence-corrected chi connectivity index (χ3v) is 4.13. The van der Waals surface area contributed by atoms with E-state index in [-0.39, 0.29) is 12.8 Å². The van der Waals surface area contributed by atoms with Crippen LogP contribution in [0.3, 0.4) is 0 Å². The molecule has 0 aliphatic carbocycles. The molecule has 1 aromatic carbocycles. The summed E-state index contributed by atoms with van der Waals surface area (Å²) in [5.41, 5.74) is 4.36. The zero-order valence-corrected chi connectivity index (χ0v) is 14.6. The lowest BCUT2D eigenvalue weighted by Crippen LogP contribution is -2.31. The third kappa shape index (κ3) is 3.32. The molecule has 2 N–H and O–H groups in total. The van der Waals surface area contributed by atoms with Gasteiger partial charge in [-0.1, -0.05) is 0 Å². The van der Waals surface area contributed by atoms with Crippen LogP contribution in [-0.4, -0.2) is 25.5 Å². The molecule has 7 nitrogen and oxygen atoms in total. The van der Waals surface area contributed by atoms with Gasteiger partial charge in [-0.05, 0) is 25.8 Å². The standard InChI is InChI=1S/C16H13F5N6O/c1-6-8(7(2)27-16(24-6)22-5-23-27)3-4-9(28)25-26-15-13(20)11(18)10(17)12(19)14(15)21/h5,26H,3-4H2,1-2H3,(H,25,28). The van der Waals surface area contributed by atoms with E-state index in [1.54, 1.807) is 19.3 Å². The first kappa shape index (κ1) is 19.5. The molecule has 0 fully saturated rings. The zero-order valence-electron chi connectivity index (χ0n) is 14.6. The molecule has 0 saturated carbocycles. The fourth-order valence-electron chi connectivity index (χ4n) is 2.67. The summed E-state index contributed by atoms with van der Waals surface area (Å²) in [5.74, 6) is -11.0. The number of nitrogens with zero attached hydrogens (tertiary/aromatic N) is 4. The van der Waals surface area contributed by atoms with Gasteiger partial charge in [0.1, 0.15) is 12.0 Å². The number of hydrazine groups is 1. The smallest absolute Gasteiger partial charge is 0.252 e. The number of amides is 1. The minimum atomic E-state index is -2.28. The molecule has 1 amide bonds. The second kappa shape index (κ2) is 7.37. The number of hydrogen-bond donors (Lipinski definition) is 2. The van der Waals surface area contributed by atoms with E-state index >= 15 is 0 Å². The maximum atomic E-state index is 13.6. The van der Waals surface area contributed by atoms with E-state index in [0.717, 1.165) is 0 Å². The van der Waals surface area contributed by atoms with Gasteiger partial charge in [0.25, 0.3) is 5.78 Å². The second-order valence-corrected chi connectivity index (χ2v) is 5.85. The van der Waals surface area contributed by atoms with Crippen LogP contribution in [0, 0.1) is 42.9 Å². The van der Waals surface area contributed by atoms with Crippen molar-refractivity contribution in [3.63, 3.8) is 0 Å². The molecule has 0 aliphatic rings. The summed E-state index contributed by atoms with van der Waals surface area (Å²) in [4.78, 5) is 20.2. The largest absolute Gasteiger partial charge is 0.293 e. The van der Waals surface area contributed by atoms with Crippen molar-refractivity contribution in [2.24, 2.45) is 0 Å². The van der Waals surface area contributed by atoms with E-state index in [2.05, 4.69) is 15.1 Å². The molecular weight excluding hydrogens is 387 g/mol. The Hall–Kier alpha value is -3.31. The first-order valence-corrected chi connectivity index (χ1v) is 7.94. The van der Waals surface area contributed by atoms with E-state index in [1.807, 2.05) is 5.43 Å². The summed E-state index contributed by atoms with van der Waals surface area (Å²) in [5, 5.41) is 4.01. The third-order valence-electron chi connectivity index (χ3n) is 4.13. The van der Waals surface area contributed by atoms with Gasteiger partial charge in [0, 0.05) is 17.8 Å². The van der Waals surface area contributed by atoms with Crippen molar-refractivity contribution in [3.8, 4) is 0 Å². The SMILES string of the molecule is Cc1nc2ncnn2c(C)c1CCC(=O)NNc1c(F)c(F)c(F)c(F)c1F. The number of nitrogens with one attached hydrogen (secondary N) is 2. The molecule has 148 valence electrons. The maximum absolute atomic E-state index is 13.6. The van der Waals surface area contributed by atoms with E-state index < -0.39 is 40.7 Å². The Bertz CT molecular complexity index is 1050. The molecule has 0 spiro atoms. The molecular formula is C16H13F5N6O. The number of aromatic nitrogens is 4. The Morgan fingerprint density at radius 1 is 1.04 bits per heavy atom. The predicted molar refractivity (Wildman–Crippen MR) is 86.6 cm³/mol. The minimum absolute atomic E-state index is 0.147. The van der Waals surface area contributed by atoms with Crippen molar-refractivity contribution in [2.75, 3.05) is 5.43 Å². The highest BCUT2D eigenvalue weighted by Crippen LogP contribution is 2.26. The average molecular weight is 400 g/mol. The van der Waals surface area contributed by atoms with Crippen molar-refractivity contribution in [2.45, 2.75) is 26.7 Å². The molecule has 0 atom stereocenters. The number of hydrogen-bond acceptors (Lipinski definition) is 5. The average Bonchev–Trinajstić information content (AvgIpc) is 3.13. The number of halogens is 5. The number of rotatable bonds is 5. The van der Waals surface area contributed by atoms with Gasteiger partial charge in [-0.3, -0.25) is 15.6 Å². The summed E-state index contributed by atoms with van der Waals surface area (Å²) < 4.78 is 67.9. The van der Waals surface area contributed by atoms with Crippen LogP contribution >= 0.6 is 0 Å². The molecule has 3 aromatic rings. The lowest BCUT2D eigenvalue weighted by molar-refractivity contribution is -0.120. The van der Waals surface area contributed by atoms with Gasteiger partial charge in [0.2, 0.25) is 11.7 Å². The quantitative estimate of drug-likeness (QED) is 0.298. The predicted octanol–water partition coefficient (Wildman–Crippen LogP) is 2.51. The van der Waals surface area contributed by atoms with Crippen LogP contribution in [0.15, 0.2) is 6.33 Å². The molecule has 12 heteroatoms. The topological polar surface area (TPSA) is 84.2 Å². The highest BCUT2D eigenvalue weighted by Gasteiger charge is 2.26. The van der Waals surface area contributed by atoms with Crippen LogP contribution in [0.25, 0.3) is 5.78 Å². The summed E-state index contributed by atoms with van der Waals surface area (Å²) in [7, 11) is 0. The normalized spacial score (nSPS) is 11.1. The maximum Gasteiger partial charge on any atom is 0.252 e. The molecule has 3 rings (SSSR count). The van der Waals surface area contributed by atoms with Gasteiger partial charge in [-0.25, -0.2) is 31.5 Å². The van der Waals surface area contributed by atoms with Crippen LogP contribution in [0.5, 0.6) is 0 Å². The zero-order chi connectivity index (χ0) is 20.6. The Morgan fingerprint density at radius 2 is 1.64 bits per heavy atom. The van der Waals surface area contributed by atoms with E-state index in [9.17, 15) is 26.7 Å². The Labute approximate surface area is 154 Å². The lowest BCUT2D eigenvalue weighted by Gasteiger charge is -2.13. The fourth-order valence-corrected chi connectivity index (χ4v) is 2.67. The number of aryl methyl sites for hydroxylation is 2. The van der Waals surface area contributed by atoms with Gasteiger partial charge in [-0.15, -0.1) is 0 Å². The lowest BCUT2D eigenvalue weighted by atomic mass is 10.1. The van der Waals surface area contributed by atoms with Crippen LogP contribution in [0.2, 0.25) is 0 Å².